The molecule has 0 amide bonds. The monoisotopic (exact) mass is 280 g/mol. The Balaban J connectivity index is 1.82. The Morgan fingerprint density at radius 3 is 2.55 bits per heavy atom. The van der Waals surface area contributed by atoms with Crippen LogP contribution in [0.15, 0.2) is 18.2 Å². The summed E-state index contributed by atoms with van der Waals surface area (Å²) in [5, 5.41) is 8.67. The molecular formula is C15H21FN2O2. The number of aryl methyl sites for hydroxylation is 1. The lowest BCUT2D eigenvalue weighted by molar-refractivity contribution is -0.137. The van der Waals surface area contributed by atoms with Gasteiger partial charge in [-0.05, 0) is 30.2 Å². The highest BCUT2D eigenvalue weighted by Gasteiger charge is 2.18. The zero-order valence-electron chi connectivity index (χ0n) is 11.8. The molecule has 5 heteroatoms. The quantitative estimate of drug-likeness (QED) is 0.892. The Kier molecular flexibility index (Phi) is 5.09. The molecule has 0 atom stereocenters. The van der Waals surface area contributed by atoms with Crippen LogP contribution < -0.4 is 0 Å². The molecule has 0 spiro atoms. The Labute approximate surface area is 118 Å². The van der Waals surface area contributed by atoms with Gasteiger partial charge in [0.2, 0.25) is 0 Å². The molecule has 0 aromatic heterocycles. The van der Waals surface area contributed by atoms with Crippen molar-refractivity contribution in [3.05, 3.63) is 35.1 Å². The van der Waals surface area contributed by atoms with Gasteiger partial charge in [0.1, 0.15) is 5.82 Å². The molecule has 110 valence electrons. The van der Waals surface area contributed by atoms with Gasteiger partial charge < -0.3 is 10.0 Å². The summed E-state index contributed by atoms with van der Waals surface area (Å²) in [5.74, 6) is -0.937. The molecule has 1 aromatic carbocycles. The number of hydrogen-bond donors (Lipinski definition) is 1. The van der Waals surface area contributed by atoms with Crippen LogP contribution in [0.25, 0.3) is 0 Å². The van der Waals surface area contributed by atoms with Gasteiger partial charge in [0.15, 0.2) is 0 Å². The van der Waals surface area contributed by atoms with E-state index in [1.807, 2.05) is 13.0 Å². The van der Waals surface area contributed by atoms with Crippen LogP contribution in [0, 0.1) is 12.7 Å². The highest BCUT2D eigenvalue weighted by Crippen LogP contribution is 2.14. The number of carboxylic acids is 1. The first kappa shape index (κ1) is 14.9. The minimum atomic E-state index is -0.747. The van der Waals surface area contributed by atoms with Crippen LogP contribution in [0.1, 0.15) is 17.5 Å². The lowest BCUT2D eigenvalue weighted by Gasteiger charge is -2.34. The fourth-order valence-electron chi connectivity index (χ4n) is 2.48. The summed E-state index contributed by atoms with van der Waals surface area (Å²) in [5.41, 5.74) is 2.14. The molecule has 1 heterocycles. The maximum Gasteiger partial charge on any atom is 0.304 e. The second-order valence-electron chi connectivity index (χ2n) is 5.33. The van der Waals surface area contributed by atoms with E-state index in [1.165, 1.54) is 6.07 Å². The number of carbonyl (C=O) groups is 1. The second kappa shape index (κ2) is 6.81. The van der Waals surface area contributed by atoms with E-state index in [0.29, 0.717) is 6.54 Å². The Bertz CT molecular complexity index is 471. The third-order valence-corrected chi connectivity index (χ3v) is 3.81. The Hall–Kier alpha value is -1.46. The van der Waals surface area contributed by atoms with E-state index in [9.17, 15) is 9.18 Å². The highest BCUT2D eigenvalue weighted by atomic mass is 19.1. The van der Waals surface area contributed by atoms with Crippen molar-refractivity contribution in [2.45, 2.75) is 19.9 Å². The number of carboxylic acid groups (broad SMARTS) is 1. The van der Waals surface area contributed by atoms with Crippen LogP contribution in [-0.2, 0) is 11.3 Å². The fourth-order valence-corrected chi connectivity index (χ4v) is 2.48. The number of piperazine rings is 1. The van der Waals surface area contributed by atoms with E-state index in [1.54, 1.807) is 6.07 Å². The number of rotatable bonds is 5. The van der Waals surface area contributed by atoms with Crippen molar-refractivity contribution in [1.82, 2.24) is 9.80 Å². The molecule has 1 aromatic rings. The number of hydrogen-bond acceptors (Lipinski definition) is 3. The molecule has 1 aliphatic heterocycles. The van der Waals surface area contributed by atoms with Crippen LogP contribution in [0.4, 0.5) is 4.39 Å². The Morgan fingerprint density at radius 2 is 1.90 bits per heavy atom. The summed E-state index contributed by atoms with van der Waals surface area (Å²) in [6.07, 6.45) is 0.197. The van der Waals surface area contributed by atoms with Crippen LogP contribution in [0.2, 0.25) is 0 Å². The smallest absolute Gasteiger partial charge is 0.304 e. The van der Waals surface area contributed by atoms with Gasteiger partial charge in [0.05, 0.1) is 6.42 Å². The van der Waals surface area contributed by atoms with Crippen LogP contribution in [-0.4, -0.2) is 53.6 Å². The second-order valence-corrected chi connectivity index (χ2v) is 5.33. The Morgan fingerprint density at radius 1 is 1.25 bits per heavy atom. The maximum absolute atomic E-state index is 13.3. The van der Waals surface area contributed by atoms with Crippen molar-refractivity contribution in [3.8, 4) is 0 Å². The first-order valence-electron chi connectivity index (χ1n) is 6.96. The number of aliphatic carboxylic acids is 1. The van der Waals surface area contributed by atoms with E-state index < -0.39 is 5.97 Å². The zero-order chi connectivity index (χ0) is 14.5. The van der Waals surface area contributed by atoms with Gasteiger partial charge in [0.25, 0.3) is 0 Å². The van der Waals surface area contributed by atoms with Crippen LogP contribution in [0.3, 0.4) is 0 Å². The summed E-state index contributed by atoms with van der Waals surface area (Å²) in [6, 6.07) is 4.91. The summed E-state index contributed by atoms with van der Waals surface area (Å²) >= 11 is 0. The van der Waals surface area contributed by atoms with Gasteiger partial charge in [-0.1, -0.05) is 6.07 Å². The molecule has 1 saturated heterocycles. The molecule has 1 aliphatic rings. The van der Waals surface area contributed by atoms with Crippen molar-refractivity contribution >= 4 is 5.97 Å². The molecule has 2 rings (SSSR count). The molecule has 0 radical (unpaired) electrons. The minimum absolute atomic E-state index is 0.189. The van der Waals surface area contributed by atoms with Gasteiger partial charge >= 0.3 is 5.97 Å². The largest absolute Gasteiger partial charge is 0.481 e. The predicted molar refractivity (Wildman–Crippen MR) is 75.1 cm³/mol. The zero-order valence-corrected chi connectivity index (χ0v) is 11.8. The SMILES string of the molecule is Cc1ccc(F)cc1CN1CCN(CCC(=O)O)CC1. The highest BCUT2D eigenvalue weighted by molar-refractivity contribution is 5.66. The lowest BCUT2D eigenvalue weighted by atomic mass is 10.1. The van der Waals surface area contributed by atoms with Gasteiger partial charge in [-0.3, -0.25) is 9.69 Å². The summed E-state index contributed by atoms with van der Waals surface area (Å²) in [7, 11) is 0. The maximum atomic E-state index is 13.3. The van der Waals surface area contributed by atoms with E-state index >= 15 is 0 Å². The number of benzene rings is 1. The van der Waals surface area contributed by atoms with Gasteiger partial charge in [-0.25, -0.2) is 4.39 Å². The third kappa shape index (κ3) is 4.28. The van der Waals surface area contributed by atoms with Gasteiger partial charge in [-0.2, -0.15) is 0 Å². The van der Waals surface area contributed by atoms with Gasteiger partial charge in [-0.15, -0.1) is 0 Å². The van der Waals surface area contributed by atoms with Crippen LogP contribution >= 0.6 is 0 Å². The predicted octanol–water partition coefficient (Wildman–Crippen LogP) is 1.73. The van der Waals surface area contributed by atoms with Gasteiger partial charge in [0, 0.05) is 39.3 Å². The topological polar surface area (TPSA) is 43.8 Å². The first-order chi connectivity index (χ1) is 9.54. The molecular weight excluding hydrogens is 259 g/mol. The molecule has 0 aliphatic carbocycles. The molecule has 4 nitrogen and oxygen atoms in total. The van der Waals surface area contributed by atoms with Crippen molar-refractivity contribution < 1.29 is 14.3 Å². The molecule has 0 unspecified atom stereocenters. The van der Waals surface area contributed by atoms with Crippen molar-refractivity contribution in [3.63, 3.8) is 0 Å². The number of nitrogens with zero attached hydrogens (tertiary/aromatic N) is 2. The minimum Gasteiger partial charge on any atom is -0.481 e. The normalized spacial score (nSPS) is 17.3. The average Bonchev–Trinajstić information content (AvgIpc) is 2.42. The number of halogens is 1. The van der Waals surface area contributed by atoms with Crippen molar-refractivity contribution in [1.29, 1.82) is 0 Å². The van der Waals surface area contributed by atoms with E-state index in [0.717, 1.165) is 43.9 Å². The van der Waals surface area contributed by atoms with Crippen LogP contribution in [0.5, 0.6) is 0 Å². The lowest BCUT2D eigenvalue weighted by Crippen LogP contribution is -2.46. The molecule has 0 saturated carbocycles. The van der Waals surface area contributed by atoms with E-state index in [-0.39, 0.29) is 12.2 Å². The first-order valence-corrected chi connectivity index (χ1v) is 6.96. The molecule has 20 heavy (non-hydrogen) atoms. The summed E-state index contributed by atoms with van der Waals surface area (Å²) in [4.78, 5) is 15.0. The standard InChI is InChI=1S/C15H21FN2O2/c1-12-2-3-14(16)10-13(12)11-18-8-6-17(7-9-18)5-4-15(19)20/h2-3,10H,4-9,11H2,1H3,(H,19,20). The van der Waals surface area contributed by atoms with E-state index in [2.05, 4.69) is 9.80 Å². The average molecular weight is 280 g/mol. The van der Waals surface area contributed by atoms with Crippen molar-refractivity contribution in [2.75, 3.05) is 32.7 Å². The van der Waals surface area contributed by atoms with Crippen molar-refractivity contribution in [2.24, 2.45) is 0 Å². The fraction of sp³-hybridized carbons (Fsp3) is 0.533. The van der Waals surface area contributed by atoms with E-state index in [4.69, 9.17) is 5.11 Å². The summed E-state index contributed by atoms with van der Waals surface area (Å²) in [6.45, 7) is 6.92. The molecule has 1 fully saturated rings. The molecule has 1 N–H and O–H groups in total. The summed E-state index contributed by atoms with van der Waals surface area (Å²) < 4.78 is 13.3. The third-order valence-electron chi connectivity index (χ3n) is 3.81. The molecule has 0 bridgehead atoms.